The first kappa shape index (κ1) is 16.3. The van der Waals surface area contributed by atoms with Gasteiger partial charge < -0.3 is 14.2 Å². The molecule has 6 heteroatoms. The van der Waals surface area contributed by atoms with Crippen molar-refractivity contribution in [2.75, 3.05) is 20.8 Å². The minimum absolute atomic E-state index is 0.584. The summed E-state index contributed by atoms with van der Waals surface area (Å²) in [5, 5.41) is 2.91. The average Bonchev–Trinajstić information content (AvgIpc) is 3.11. The van der Waals surface area contributed by atoms with Crippen LogP contribution in [0.3, 0.4) is 0 Å². The highest BCUT2D eigenvalue weighted by molar-refractivity contribution is 7.13. The third-order valence-corrected chi connectivity index (χ3v) is 4.35. The van der Waals surface area contributed by atoms with Gasteiger partial charge in [0.05, 0.1) is 26.5 Å². The quantitative estimate of drug-likeness (QED) is 0.669. The summed E-state index contributed by atoms with van der Waals surface area (Å²) in [6.07, 6.45) is 1.73. The van der Waals surface area contributed by atoms with Crippen molar-refractivity contribution in [2.24, 2.45) is 0 Å². The minimum Gasteiger partial charge on any atom is -0.497 e. The predicted octanol–water partition coefficient (Wildman–Crippen LogP) is 4.29. The van der Waals surface area contributed by atoms with E-state index in [0.717, 1.165) is 33.3 Å². The molecule has 0 saturated heterocycles. The normalized spacial score (nSPS) is 10.5. The Bertz CT molecular complexity index is 833. The Labute approximate surface area is 144 Å². The van der Waals surface area contributed by atoms with E-state index < -0.39 is 0 Å². The van der Waals surface area contributed by atoms with E-state index in [-0.39, 0.29) is 0 Å². The lowest BCUT2D eigenvalue weighted by atomic mass is 10.1. The van der Waals surface area contributed by atoms with Gasteiger partial charge in [0.15, 0.2) is 0 Å². The molecule has 3 aromatic rings. The number of benzene rings is 1. The van der Waals surface area contributed by atoms with E-state index in [4.69, 9.17) is 19.2 Å². The van der Waals surface area contributed by atoms with Gasteiger partial charge in [-0.1, -0.05) is 0 Å². The predicted molar refractivity (Wildman–Crippen MR) is 95.1 cm³/mol. The number of aromatic nitrogens is 2. The molecule has 2 heterocycles. The molecule has 0 radical (unpaired) electrons. The first-order chi connectivity index (χ1) is 11.7. The van der Waals surface area contributed by atoms with Gasteiger partial charge in [0, 0.05) is 28.8 Å². The van der Waals surface area contributed by atoms with Gasteiger partial charge in [-0.3, -0.25) is 0 Å². The number of nitrogens with zero attached hydrogens (tertiary/aromatic N) is 2. The van der Waals surface area contributed by atoms with Gasteiger partial charge in [-0.25, -0.2) is 9.97 Å². The van der Waals surface area contributed by atoms with Crippen LogP contribution in [-0.2, 0) is 0 Å². The van der Waals surface area contributed by atoms with Crippen LogP contribution in [-0.4, -0.2) is 30.8 Å². The van der Waals surface area contributed by atoms with Gasteiger partial charge >= 0.3 is 0 Å². The van der Waals surface area contributed by atoms with Crippen molar-refractivity contribution >= 4 is 11.3 Å². The summed E-state index contributed by atoms with van der Waals surface area (Å²) >= 11 is 1.57. The zero-order chi connectivity index (χ0) is 16.9. The third kappa shape index (κ3) is 3.33. The number of hydrogen-bond acceptors (Lipinski definition) is 6. The van der Waals surface area contributed by atoms with Crippen molar-refractivity contribution < 1.29 is 14.2 Å². The van der Waals surface area contributed by atoms with Crippen LogP contribution in [0.4, 0.5) is 0 Å². The molecule has 5 nitrogen and oxygen atoms in total. The van der Waals surface area contributed by atoms with Crippen molar-refractivity contribution in [1.29, 1.82) is 0 Å². The van der Waals surface area contributed by atoms with E-state index in [9.17, 15) is 0 Å². The standard InChI is InChI=1S/C18H18N2O3S/c1-4-23-17-9-12(7-8-19-17)18-20-15(11-24-18)14-10-13(21-2)5-6-16(14)22-3/h5-11H,4H2,1-3H3. The molecule has 0 fully saturated rings. The number of methoxy groups -OCH3 is 2. The van der Waals surface area contributed by atoms with Gasteiger partial charge in [-0.2, -0.15) is 0 Å². The second-order valence-electron chi connectivity index (χ2n) is 4.92. The molecule has 0 aliphatic carbocycles. The molecular formula is C18H18N2O3S. The summed E-state index contributed by atoms with van der Waals surface area (Å²) in [6.45, 7) is 2.52. The molecule has 0 aliphatic heterocycles. The third-order valence-electron chi connectivity index (χ3n) is 3.46. The molecule has 0 aliphatic rings. The Kier molecular flexibility index (Phi) is 4.96. The zero-order valence-corrected chi connectivity index (χ0v) is 14.6. The fraction of sp³-hybridized carbons (Fsp3) is 0.222. The first-order valence-corrected chi connectivity index (χ1v) is 8.40. The maximum Gasteiger partial charge on any atom is 0.213 e. The molecule has 2 aromatic heterocycles. The summed E-state index contributed by atoms with van der Waals surface area (Å²) in [5.74, 6) is 2.13. The first-order valence-electron chi connectivity index (χ1n) is 7.52. The number of pyridine rings is 1. The Balaban J connectivity index is 1.98. The SMILES string of the molecule is CCOc1cc(-c2nc(-c3cc(OC)ccc3OC)cs2)ccn1. The minimum atomic E-state index is 0.584. The van der Waals surface area contributed by atoms with Gasteiger partial charge in [-0.15, -0.1) is 11.3 Å². The summed E-state index contributed by atoms with van der Waals surface area (Å²) < 4.78 is 16.2. The van der Waals surface area contributed by atoms with Crippen LogP contribution < -0.4 is 14.2 Å². The maximum absolute atomic E-state index is 5.46. The zero-order valence-electron chi connectivity index (χ0n) is 13.8. The lowest BCUT2D eigenvalue weighted by molar-refractivity contribution is 0.327. The lowest BCUT2D eigenvalue weighted by Gasteiger charge is -2.08. The molecule has 0 spiro atoms. The average molecular weight is 342 g/mol. The van der Waals surface area contributed by atoms with Gasteiger partial charge in [0.25, 0.3) is 0 Å². The van der Waals surface area contributed by atoms with Crippen molar-refractivity contribution in [3.63, 3.8) is 0 Å². The topological polar surface area (TPSA) is 53.5 Å². The second-order valence-corrected chi connectivity index (χ2v) is 5.78. The van der Waals surface area contributed by atoms with Crippen LogP contribution in [0.25, 0.3) is 21.8 Å². The Morgan fingerprint density at radius 1 is 1.08 bits per heavy atom. The molecular weight excluding hydrogens is 324 g/mol. The van der Waals surface area contributed by atoms with E-state index in [1.54, 1.807) is 31.8 Å². The molecule has 24 heavy (non-hydrogen) atoms. The highest BCUT2D eigenvalue weighted by Gasteiger charge is 2.13. The second kappa shape index (κ2) is 7.31. The van der Waals surface area contributed by atoms with Crippen LogP contribution in [0.2, 0.25) is 0 Å². The molecule has 0 amide bonds. The fourth-order valence-electron chi connectivity index (χ4n) is 2.31. The molecule has 0 saturated carbocycles. The molecule has 1 aromatic carbocycles. The van der Waals surface area contributed by atoms with Crippen molar-refractivity contribution in [3.8, 4) is 39.2 Å². The van der Waals surface area contributed by atoms with Crippen LogP contribution in [0.15, 0.2) is 41.9 Å². The van der Waals surface area contributed by atoms with E-state index in [1.807, 2.05) is 42.6 Å². The molecule has 0 N–H and O–H groups in total. The van der Waals surface area contributed by atoms with Gasteiger partial charge in [0.1, 0.15) is 16.5 Å². The molecule has 0 unspecified atom stereocenters. The maximum atomic E-state index is 5.46. The summed E-state index contributed by atoms with van der Waals surface area (Å²) in [4.78, 5) is 8.92. The van der Waals surface area contributed by atoms with Crippen LogP contribution in [0.5, 0.6) is 17.4 Å². The van der Waals surface area contributed by atoms with Crippen LogP contribution in [0, 0.1) is 0 Å². The monoisotopic (exact) mass is 342 g/mol. The molecule has 124 valence electrons. The highest BCUT2D eigenvalue weighted by atomic mass is 32.1. The van der Waals surface area contributed by atoms with Crippen LogP contribution in [0.1, 0.15) is 6.92 Å². The Morgan fingerprint density at radius 3 is 2.71 bits per heavy atom. The van der Waals surface area contributed by atoms with E-state index >= 15 is 0 Å². The molecule has 0 bridgehead atoms. The largest absolute Gasteiger partial charge is 0.497 e. The van der Waals surface area contributed by atoms with Crippen molar-refractivity contribution in [2.45, 2.75) is 6.92 Å². The lowest BCUT2D eigenvalue weighted by Crippen LogP contribution is -1.94. The number of ether oxygens (including phenoxy) is 3. The summed E-state index contributed by atoms with van der Waals surface area (Å²) in [7, 11) is 3.29. The summed E-state index contributed by atoms with van der Waals surface area (Å²) in [5.41, 5.74) is 2.73. The van der Waals surface area contributed by atoms with E-state index in [1.165, 1.54) is 0 Å². The van der Waals surface area contributed by atoms with Gasteiger partial charge in [0.2, 0.25) is 5.88 Å². The molecule has 0 atom stereocenters. The Hall–Kier alpha value is -2.60. The fourth-order valence-corrected chi connectivity index (χ4v) is 3.13. The summed E-state index contributed by atoms with van der Waals surface area (Å²) in [6, 6.07) is 9.50. The smallest absolute Gasteiger partial charge is 0.213 e. The van der Waals surface area contributed by atoms with Crippen LogP contribution >= 0.6 is 11.3 Å². The number of rotatable bonds is 6. The van der Waals surface area contributed by atoms with Gasteiger partial charge in [-0.05, 0) is 31.2 Å². The number of thiazole rings is 1. The Morgan fingerprint density at radius 2 is 1.96 bits per heavy atom. The van der Waals surface area contributed by atoms with E-state index in [0.29, 0.717) is 12.5 Å². The van der Waals surface area contributed by atoms with Crippen molar-refractivity contribution in [3.05, 3.63) is 41.9 Å². The van der Waals surface area contributed by atoms with E-state index in [2.05, 4.69) is 4.98 Å². The molecule has 3 rings (SSSR count). The number of hydrogen-bond donors (Lipinski definition) is 0. The van der Waals surface area contributed by atoms with Crippen molar-refractivity contribution in [1.82, 2.24) is 9.97 Å². The highest BCUT2D eigenvalue weighted by Crippen LogP contribution is 2.36.